The van der Waals surface area contributed by atoms with Crippen molar-refractivity contribution >= 4 is 17.6 Å². The summed E-state index contributed by atoms with van der Waals surface area (Å²) in [5, 5.41) is 3.01. The Bertz CT molecular complexity index is 877. The molecule has 1 atom stereocenters. The zero-order valence-electron chi connectivity index (χ0n) is 17.6. The van der Waals surface area contributed by atoms with Gasteiger partial charge in [-0.1, -0.05) is 18.2 Å². The van der Waals surface area contributed by atoms with Crippen LogP contribution in [0.15, 0.2) is 42.5 Å². The molecule has 2 aromatic carbocycles. The minimum absolute atomic E-state index is 0.0394. The Morgan fingerprint density at radius 2 is 1.90 bits per heavy atom. The summed E-state index contributed by atoms with van der Waals surface area (Å²) in [6, 6.07) is 13.3. The quantitative estimate of drug-likeness (QED) is 0.813. The third kappa shape index (κ3) is 4.70. The van der Waals surface area contributed by atoms with Crippen LogP contribution in [0.1, 0.15) is 47.3 Å². The normalized spacial score (nSPS) is 15.9. The molecule has 0 aromatic heterocycles. The number of aryl methyl sites for hydroxylation is 1. The summed E-state index contributed by atoms with van der Waals surface area (Å²) in [6.07, 6.45) is 1.89. The SMILES string of the molecule is CCOc1ccc(C2CCCN2C(=O)Nc2cc(C(=O)N(C)C)ccc2C)cc1. The summed E-state index contributed by atoms with van der Waals surface area (Å²) in [5.41, 5.74) is 3.25. The number of ether oxygens (including phenoxy) is 1. The number of anilines is 1. The summed E-state index contributed by atoms with van der Waals surface area (Å²) in [6.45, 7) is 5.22. The summed E-state index contributed by atoms with van der Waals surface area (Å²) in [4.78, 5) is 28.7. The van der Waals surface area contributed by atoms with Crippen molar-refractivity contribution in [1.82, 2.24) is 9.80 Å². The van der Waals surface area contributed by atoms with Gasteiger partial charge in [-0.05, 0) is 62.1 Å². The number of rotatable bonds is 5. The van der Waals surface area contributed by atoms with Crippen molar-refractivity contribution in [3.63, 3.8) is 0 Å². The number of likely N-dealkylation sites (tertiary alicyclic amines) is 1. The van der Waals surface area contributed by atoms with Gasteiger partial charge in [0.1, 0.15) is 5.75 Å². The molecule has 3 rings (SSSR count). The molecular weight excluding hydrogens is 366 g/mol. The Morgan fingerprint density at radius 1 is 1.17 bits per heavy atom. The molecule has 2 aromatic rings. The number of urea groups is 1. The van der Waals surface area contributed by atoms with Crippen molar-refractivity contribution in [2.45, 2.75) is 32.7 Å². The van der Waals surface area contributed by atoms with E-state index in [1.54, 1.807) is 26.2 Å². The molecule has 6 nitrogen and oxygen atoms in total. The Balaban J connectivity index is 1.76. The van der Waals surface area contributed by atoms with E-state index in [2.05, 4.69) is 5.32 Å². The molecule has 1 fully saturated rings. The van der Waals surface area contributed by atoms with Crippen molar-refractivity contribution in [1.29, 1.82) is 0 Å². The molecule has 1 N–H and O–H groups in total. The molecule has 0 radical (unpaired) electrons. The maximum absolute atomic E-state index is 13.0. The van der Waals surface area contributed by atoms with Gasteiger partial charge in [0.2, 0.25) is 0 Å². The number of carbonyl (C=O) groups is 2. The van der Waals surface area contributed by atoms with E-state index < -0.39 is 0 Å². The first-order valence-electron chi connectivity index (χ1n) is 10.0. The number of carbonyl (C=O) groups excluding carboxylic acids is 2. The van der Waals surface area contributed by atoms with Gasteiger partial charge in [0, 0.05) is 31.9 Å². The summed E-state index contributed by atoms with van der Waals surface area (Å²) >= 11 is 0. The molecule has 1 unspecified atom stereocenters. The van der Waals surface area contributed by atoms with Crippen molar-refractivity contribution in [2.24, 2.45) is 0 Å². The molecule has 1 aliphatic rings. The summed E-state index contributed by atoms with van der Waals surface area (Å²) < 4.78 is 5.51. The molecule has 0 spiro atoms. The predicted octanol–water partition coefficient (Wildman–Crippen LogP) is 4.46. The molecule has 154 valence electrons. The maximum atomic E-state index is 13.0. The largest absolute Gasteiger partial charge is 0.494 e. The minimum atomic E-state index is -0.140. The highest BCUT2D eigenvalue weighted by atomic mass is 16.5. The molecular formula is C23H29N3O3. The van der Waals surface area contributed by atoms with Crippen molar-refractivity contribution in [3.05, 3.63) is 59.2 Å². The van der Waals surface area contributed by atoms with Gasteiger partial charge in [0.15, 0.2) is 0 Å². The highest BCUT2D eigenvalue weighted by Crippen LogP contribution is 2.33. The lowest BCUT2D eigenvalue weighted by atomic mass is 10.0. The van der Waals surface area contributed by atoms with Crippen LogP contribution in [-0.2, 0) is 0 Å². The number of nitrogens with one attached hydrogen (secondary N) is 1. The first kappa shape index (κ1) is 20.7. The highest BCUT2D eigenvalue weighted by molar-refractivity contribution is 5.97. The molecule has 0 saturated carbocycles. The van der Waals surface area contributed by atoms with Gasteiger partial charge in [-0.25, -0.2) is 4.79 Å². The van der Waals surface area contributed by atoms with Crippen LogP contribution in [-0.4, -0.2) is 49.0 Å². The summed E-state index contributed by atoms with van der Waals surface area (Å²) in [5.74, 6) is 0.747. The molecule has 1 saturated heterocycles. The van der Waals surface area contributed by atoms with Gasteiger partial charge in [0.05, 0.1) is 12.6 Å². The van der Waals surface area contributed by atoms with Gasteiger partial charge in [-0.3, -0.25) is 4.79 Å². The average molecular weight is 396 g/mol. The molecule has 3 amide bonds. The van der Waals surface area contributed by atoms with Crippen LogP contribution in [0.3, 0.4) is 0 Å². The number of amides is 3. The standard InChI is InChI=1S/C23H29N3O3/c1-5-29-19-12-10-17(11-13-19)21-7-6-14-26(21)23(28)24-20-15-18(9-8-16(20)2)22(27)25(3)4/h8-13,15,21H,5-7,14H2,1-4H3,(H,24,28). The number of hydrogen-bond donors (Lipinski definition) is 1. The van der Waals surface area contributed by atoms with Gasteiger partial charge >= 0.3 is 6.03 Å². The second-order valence-electron chi connectivity index (χ2n) is 7.51. The van der Waals surface area contributed by atoms with Crippen LogP contribution < -0.4 is 10.1 Å². The maximum Gasteiger partial charge on any atom is 0.322 e. The first-order valence-corrected chi connectivity index (χ1v) is 10.0. The van der Waals surface area contributed by atoms with Crippen LogP contribution >= 0.6 is 0 Å². The van der Waals surface area contributed by atoms with E-state index in [9.17, 15) is 9.59 Å². The third-order valence-electron chi connectivity index (χ3n) is 5.22. The van der Waals surface area contributed by atoms with E-state index >= 15 is 0 Å². The topological polar surface area (TPSA) is 61.9 Å². The Labute approximate surface area is 172 Å². The molecule has 29 heavy (non-hydrogen) atoms. The van der Waals surface area contributed by atoms with Crippen LogP contribution in [0.4, 0.5) is 10.5 Å². The number of hydrogen-bond acceptors (Lipinski definition) is 3. The van der Waals surface area contributed by atoms with Crippen LogP contribution in [0.25, 0.3) is 0 Å². The lowest BCUT2D eigenvalue weighted by Gasteiger charge is -2.26. The fourth-order valence-corrected chi connectivity index (χ4v) is 3.64. The zero-order chi connectivity index (χ0) is 21.0. The van der Waals surface area contributed by atoms with Crippen molar-refractivity contribution in [3.8, 4) is 5.75 Å². The van der Waals surface area contributed by atoms with Gasteiger partial charge in [-0.2, -0.15) is 0 Å². The van der Waals surface area contributed by atoms with E-state index in [-0.39, 0.29) is 18.0 Å². The van der Waals surface area contributed by atoms with E-state index in [0.717, 1.165) is 29.7 Å². The lowest BCUT2D eigenvalue weighted by molar-refractivity contribution is 0.0827. The monoisotopic (exact) mass is 395 g/mol. The Hall–Kier alpha value is -3.02. The average Bonchev–Trinajstić information content (AvgIpc) is 3.20. The Morgan fingerprint density at radius 3 is 2.55 bits per heavy atom. The minimum Gasteiger partial charge on any atom is -0.494 e. The molecule has 1 heterocycles. The van der Waals surface area contributed by atoms with E-state index in [1.807, 2.05) is 49.1 Å². The predicted molar refractivity (Wildman–Crippen MR) is 115 cm³/mol. The fourth-order valence-electron chi connectivity index (χ4n) is 3.64. The van der Waals surface area contributed by atoms with Crippen LogP contribution in [0.5, 0.6) is 5.75 Å². The van der Waals surface area contributed by atoms with E-state index in [4.69, 9.17) is 4.74 Å². The van der Waals surface area contributed by atoms with Crippen molar-refractivity contribution < 1.29 is 14.3 Å². The smallest absolute Gasteiger partial charge is 0.322 e. The van der Waals surface area contributed by atoms with Gasteiger partial charge < -0.3 is 19.9 Å². The molecule has 1 aliphatic heterocycles. The first-order chi connectivity index (χ1) is 13.9. The lowest BCUT2D eigenvalue weighted by Crippen LogP contribution is -2.34. The third-order valence-corrected chi connectivity index (χ3v) is 5.22. The van der Waals surface area contributed by atoms with Crippen molar-refractivity contribution in [2.75, 3.05) is 32.6 Å². The van der Waals surface area contributed by atoms with Gasteiger partial charge in [-0.15, -0.1) is 0 Å². The second kappa shape index (κ2) is 8.99. The van der Waals surface area contributed by atoms with E-state index in [1.165, 1.54) is 4.90 Å². The van der Waals surface area contributed by atoms with E-state index in [0.29, 0.717) is 24.4 Å². The molecule has 6 heteroatoms. The number of nitrogens with zero attached hydrogens (tertiary/aromatic N) is 2. The highest BCUT2D eigenvalue weighted by Gasteiger charge is 2.30. The van der Waals surface area contributed by atoms with Crippen LogP contribution in [0, 0.1) is 6.92 Å². The number of benzene rings is 2. The Kier molecular flexibility index (Phi) is 6.42. The second-order valence-corrected chi connectivity index (χ2v) is 7.51. The van der Waals surface area contributed by atoms with Gasteiger partial charge in [0.25, 0.3) is 5.91 Å². The molecule has 0 aliphatic carbocycles. The molecule has 0 bridgehead atoms. The summed E-state index contributed by atoms with van der Waals surface area (Å²) in [7, 11) is 3.43. The van der Waals surface area contributed by atoms with Crippen LogP contribution in [0.2, 0.25) is 0 Å². The fraction of sp³-hybridized carbons (Fsp3) is 0.391. The zero-order valence-corrected chi connectivity index (χ0v) is 17.6.